The number of rotatable bonds is 5. The minimum Gasteiger partial charge on any atom is -0.371 e. The zero-order chi connectivity index (χ0) is 22.7. The van der Waals surface area contributed by atoms with Crippen molar-refractivity contribution in [3.63, 3.8) is 0 Å². The number of piperidine rings is 1. The van der Waals surface area contributed by atoms with E-state index in [4.69, 9.17) is 9.57 Å². The number of benzene rings is 3. The van der Waals surface area contributed by atoms with Crippen molar-refractivity contribution in [2.75, 3.05) is 13.1 Å². The van der Waals surface area contributed by atoms with Crippen molar-refractivity contribution in [3.8, 4) is 0 Å². The number of carbonyl (C=O) groups excluding carboxylic acids is 1. The van der Waals surface area contributed by atoms with Crippen LogP contribution in [0.1, 0.15) is 49.8 Å². The van der Waals surface area contributed by atoms with E-state index in [1.165, 1.54) is 21.9 Å². The quantitative estimate of drug-likeness (QED) is 0.495. The van der Waals surface area contributed by atoms with Gasteiger partial charge < -0.3 is 9.57 Å². The first-order valence-electron chi connectivity index (χ1n) is 11.4. The lowest BCUT2D eigenvalue weighted by molar-refractivity contribution is -0.216. The summed E-state index contributed by atoms with van der Waals surface area (Å²) in [6, 6.07) is 23.5. The summed E-state index contributed by atoms with van der Waals surface area (Å²) in [6.07, 6.45) is 0.814. The van der Waals surface area contributed by atoms with Gasteiger partial charge in [0.1, 0.15) is 0 Å². The average molecular weight is 432 g/mol. The Balaban J connectivity index is 1.50. The molecule has 0 radical (unpaired) electrons. The number of hydroxylamine groups is 2. The Morgan fingerprint density at radius 1 is 1.00 bits per heavy atom. The summed E-state index contributed by atoms with van der Waals surface area (Å²) < 4.78 is 6.48. The largest absolute Gasteiger partial charge is 0.371 e. The van der Waals surface area contributed by atoms with E-state index >= 15 is 0 Å². The molecule has 0 spiro atoms. The molecule has 3 aromatic rings. The van der Waals surface area contributed by atoms with Crippen molar-refractivity contribution in [2.45, 2.75) is 52.7 Å². The van der Waals surface area contributed by atoms with Crippen LogP contribution in [0, 0.1) is 12.3 Å². The number of carbonyl (C=O) groups is 1. The van der Waals surface area contributed by atoms with E-state index < -0.39 is 5.41 Å². The number of nitrogens with zero attached hydrogens (tertiary/aromatic N) is 1. The first kappa shape index (κ1) is 22.5. The highest BCUT2D eigenvalue weighted by atomic mass is 16.7. The number of aryl methyl sites for hydroxylation is 1. The van der Waals surface area contributed by atoms with Gasteiger partial charge in [-0.3, -0.25) is 0 Å². The Bertz CT molecular complexity index is 1070. The standard InChI is InChI=1S/C28H33NO3/c1-20-9-12-23(13-10-20)25-15-16-29(32-27(30)28(2,3)4)18-26(25)31-19-21-11-14-22-7-5-6-8-24(22)17-21/h5-14,17,25-26H,15-16,18-19H2,1-4H3. The molecular formula is C28H33NO3. The summed E-state index contributed by atoms with van der Waals surface area (Å²) in [5.74, 6) is 0.0558. The summed E-state index contributed by atoms with van der Waals surface area (Å²) in [6.45, 7) is 9.53. The van der Waals surface area contributed by atoms with Crippen LogP contribution in [0.25, 0.3) is 10.8 Å². The fourth-order valence-electron chi connectivity index (χ4n) is 4.12. The third-order valence-corrected chi connectivity index (χ3v) is 6.13. The van der Waals surface area contributed by atoms with Crippen LogP contribution >= 0.6 is 0 Å². The Labute approximate surface area is 191 Å². The van der Waals surface area contributed by atoms with E-state index in [0.717, 1.165) is 12.0 Å². The molecule has 1 heterocycles. The first-order valence-corrected chi connectivity index (χ1v) is 11.4. The molecule has 1 fully saturated rings. The van der Waals surface area contributed by atoms with Crippen molar-refractivity contribution < 1.29 is 14.4 Å². The highest BCUT2D eigenvalue weighted by molar-refractivity contribution is 5.82. The summed E-state index contributed by atoms with van der Waals surface area (Å²) in [7, 11) is 0. The van der Waals surface area contributed by atoms with Gasteiger partial charge in [0.25, 0.3) is 0 Å². The predicted octanol–water partition coefficient (Wildman–Crippen LogP) is 6.03. The molecule has 2 unspecified atom stereocenters. The van der Waals surface area contributed by atoms with Crippen LogP contribution in [0.4, 0.5) is 0 Å². The first-order chi connectivity index (χ1) is 15.3. The van der Waals surface area contributed by atoms with Gasteiger partial charge in [-0.25, -0.2) is 4.79 Å². The molecule has 0 aromatic heterocycles. The molecule has 0 bridgehead atoms. The molecule has 0 aliphatic carbocycles. The van der Waals surface area contributed by atoms with Crippen molar-refractivity contribution >= 4 is 16.7 Å². The zero-order valence-electron chi connectivity index (χ0n) is 19.5. The highest BCUT2D eigenvalue weighted by Gasteiger charge is 2.35. The van der Waals surface area contributed by atoms with E-state index in [9.17, 15) is 4.79 Å². The number of fused-ring (bicyclic) bond motifs is 1. The fourth-order valence-corrected chi connectivity index (χ4v) is 4.12. The van der Waals surface area contributed by atoms with Crippen LogP contribution in [-0.4, -0.2) is 30.2 Å². The van der Waals surface area contributed by atoms with Gasteiger partial charge in [0.05, 0.1) is 24.7 Å². The SMILES string of the molecule is Cc1ccc(C2CCN(OC(=O)C(C)(C)C)CC2OCc2ccc3ccccc3c2)cc1. The third-order valence-electron chi connectivity index (χ3n) is 6.13. The molecular weight excluding hydrogens is 398 g/mol. The van der Waals surface area contributed by atoms with Crippen LogP contribution in [0.15, 0.2) is 66.7 Å². The lowest BCUT2D eigenvalue weighted by Crippen LogP contribution is -2.46. The maximum absolute atomic E-state index is 12.4. The second kappa shape index (κ2) is 9.43. The van der Waals surface area contributed by atoms with E-state index in [0.29, 0.717) is 19.7 Å². The molecule has 0 saturated carbocycles. The smallest absolute Gasteiger partial charge is 0.330 e. The second-order valence-electron chi connectivity index (χ2n) is 9.85. The summed E-state index contributed by atoms with van der Waals surface area (Å²) >= 11 is 0. The van der Waals surface area contributed by atoms with Gasteiger partial charge >= 0.3 is 5.97 Å². The van der Waals surface area contributed by atoms with Crippen LogP contribution in [0.5, 0.6) is 0 Å². The van der Waals surface area contributed by atoms with Crippen molar-refractivity contribution in [3.05, 3.63) is 83.4 Å². The normalized spacial score (nSPS) is 19.8. The highest BCUT2D eigenvalue weighted by Crippen LogP contribution is 2.32. The fraction of sp³-hybridized carbons (Fsp3) is 0.393. The average Bonchev–Trinajstić information content (AvgIpc) is 2.78. The lowest BCUT2D eigenvalue weighted by atomic mass is 9.87. The van der Waals surface area contributed by atoms with Crippen LogP contribution in [-0.2, 0) is 21.0 Å². The van der Waals surface area contributed by atoms with Gasteiger partial charge in [0.2, 0.25) is 0 Å². The van der Waals surface area contributed by atoms with E-state index in [2.05, 4.69) is 73.7 Å². The Hall–Kier alpha value is -2.69. The van der Waals surface area contributed by atoms with Crippen molar-refractivity contribution in [1.29, 1.82) is 0 Å². The molecule has 0 N–H and O–H groups in total. The van der Waals surface area contributed by atoms with Crippen LogP contribution in [0.3, 0.4) is 0 Å². The molecule has 2 atom stereocenters. The molecule has 0 amide bonds. The Morgan fingerprint density at radius 2 is 1.72 bits per heavy atom. The topological polar surface area (TPSA) is 38.8 Å². The molecule has 32 heavy (non-hydrogen) atoms. The Kier molecular flexibility index (Phi) is 6.63. The lowest BCUT2D eigenvalue weighted by Gasteiger charge is -2.38. The molecule has 1 saturated heterocycles. The molecule has 4 rings (SSSR count). The van der Waals surface area contributed by atoms with E-state index in [1.807, 2.05) is 20.8 Å². The van der Waals surface area contributed by atoms with Gasteiger partial charge in [-0.2, -0.15) is 0 Å². The van der Waals surface area contributed by atoms with Crippen LogP contribution in [0.2, 0.25) is 0 Å². The monoisotopic (exact) mass is 431 g/mol. The zero-order valence-corrected chi connectivity index (χ0v) is 19.5. The van der Waals surface area contributed by atoms with Crippen molar-refractivity contribution in [2.24, 2.45) is 5.41 Å². The van der Waals surface area contributed by atoms with Crippen molar-refractivity contribution in [1.82, 2.24) is 5.06 Å². The minimum atomic E-state index is -0.532. The number of hydrogen-bond acceptors (Lipinski definition) is 4. The van der Waals surface area contributed by atoms with E-state index in [-0.39, 0.29) is 18.0 Å². The maximum atomic E-state index is 12.4. The summed E-state index contributed by atoms with van der Waals surface area (Å²) in [4.78, 5) is 18.1. The Morgan fingerprint density at radius 3 is 2.44 bits per heavy atom. The summed E-state index contributed by atoms with van der Waals surface area (Å²) in [5.41, 5.74) is 3.14. The molecule has 1 aliphatic heterocycles. The van der Waals surface area contributed by atoms with Gasteiger partial charge in [-0.05, 0) is 62.1 Å². The molecule has 168 valence electrons. The number of hydrogen-bond donors (Lipinski definition) is 0. The molecule has 3 aromatic carbocycles. The molecule has 4 heteroatoms. The third kappa shape index (κ3) is 5.37. The van der Waals surface area contributed by atoms with E-state index in [1.54, 1.807) is 5.06 Å². The minimum absolute atomic E-state index is 0.0642. The van der Waals surface area contributed by atoms with Gasteiger partial charge in [0, 0.05) is 12.5 Å². The van der Waals surface area contributed by atoms with Gasteiger partial charge in [-0.1, -0.05) is 66.2 Å². The maximum Gasteiger partial charge on any atom is 0.330 e. The molecule has 1 aliphatic rings. The van der Waals surface area contributed by atoms with Gasteiger partial charge in [-0.15, -0.1) is 5.06 Å². The van der Waals surface area contributed by atoms with Crippen LogP contribution < -0.4 is 0 Å². The molecule has 4 nitrogen and oxygen atoms in total. The van der Waals surface area contributed by atoms with Gasteiger partial charge in [0.15, 0.2) is 0 Å². The predicted molar refractivity (Wildman–Crippen MR) is 128 cm³/mol. The second-order valence-corrected chi connectivity index (χ2v) is 9.85. The summed E-state index contributed by atoms with van der Waals surface area (Å²) in [5, 5.41) is 4.23. The number of ether oxygens (including phenoxy) is 1.